The summed E-state index contributed by atoms with van der Waals surface area (Å²) in [5.74, 6) is 0.912. The molecule has 4 rings (SSSR count). The van der Waals surface area contributed by atoms with Crippen molar-refractivity contribution in [2.75, 3.05) is 7.11 Å². The van der Waals surface area contributed by atoms with Crippen LogP contribution in [0.4, 0.5) is 4.79 Å². The van der Waals surface area contributed by atoms with Gasteiger partial charge in [0.2, 0.25) is 11.7 Å². The molecule has 31 heavy (non-hydrogen) atoms. The van der Waals surface area contributed by atoms with Crippen LogP contribution in [0, 0.1) is 0 Å². The first-order valence-corrected chi connectivity index (χ1v) is 10.1. The van der Waals surface area contributed by atoms with Crippen LogP contribution in [0.5, 0.6) is 5.75 Å². The van der Waals surface area contributed by atoms with E-state index in [-0.39, 0.29) is 18.3 Å². The SMILES string of the molecule is CCCc1ccc(C2(C)NC(=O)N(Cc3nc(-c4ccc(OC)cc4)no3)C2=O)cc1. The Labute approximate surface area is 180 Å². The van der Waals surface area contributed by atoms with Crippen LogP contribution in [0.3, 0.4) is 0 Å². The predicted molar refractivity (Wildman–Crippen MR) is 113 cm³/mol. The minimum absolute atomic E-state index is 0.0999. The van der Waals surface area contributed by atoms with E-state index in [1.807, 2.05) is 24.3 Å². The number of hydrogen-bond acceptors (Lipinski definition) is 6. The molecular weight excluding hydrogens is 396 g/mol. The number of ether oxygens (including phenoxy) is 1. The lowest BCUT2D eigenvalue weighted by molar-refractivity contribution is -0.131. The van der Waals surface area contributed by atoms with Gasteiger partial charge >= 0.3 is 6.03 Å². The van der Waals surface area contributed by atoms with E-state index < -0.39 is 11.6 Å². The van der Waals surface area contributed by atoms with E-state index in [9.17, 15) is 9.59 Å². The van der Waals surface area contributed by atoms with Crippen molar-refractivity contribution in [3.05, 3.63) is 65.5 Å². The Hall–Kier alpha value is -3.68. The fourth-order valence-electron chi connectivity index (χ4n) is 3.64. The van der Waals surface area contributed by atoms with Crippen LogP contribution < -0.4 is 10.1 Å². The van der Waals surface area contributed by atoms with Crippen LogP contribution in [-0.2, 0) is 23.3 Å². The van der Waals surface area contributed by atoms with Crippen molar-refractivity contribution >= 4 is 11.9 Å². The van der Waals surface area contributed by atoms with Gasteiger partial charge < -0.3 is 14.6 Å². The topological polar surface area (TPSA) is 97.6 Å². The smallest absolute Gasteiger partial charge is 0.325 e. The molecule has 160 valence electrons. The summed E-state index contributed by atoms with van der Waals surface area (Å²) in [6.07, 6.45) is 2.01. The van der Waals surface area contributed by atoms with E-state index in [4.69, 9.17) is 9.26 Å². The van der Waals surface area contributed by atoms with Crippen LogP contribution in [0.1, 0.15) is 37.3 Å². The van der Waals surface area contributed by atoms with E-state index in [2.05, 4.69) is 22.4 Å². The third kappa shape index (κ3) is 3.88. The number of aromatic nitrogens is 2. The summed E-state index contributed by atoms with van der Waals surface area (Å²) in [6.45, 7) is 3.72. The third-order valence-corrected chi connectivity index (χ3v) is 5.45. The third-order valence-electron chi connectivity index (χ3n) is 5.45. The lowest BCUT2D eigenvalue weighted by Crippen LogP contribution is -2.40. The number of methoxy groups -OCH3 is 1. The van der Waals surface area contributed by atoms with Gasteiger partial charge in [0.1, 0.15) is 17.8 Å². The van der Waals surface area contributed by atoms with Crippen LogP contribution in [-0.4, -0.2) is 34.1 Å². The second-order valence-electron chi connectivity index (χ2n) is 7.63. The quantitative estimate of drug-likeness (QED) is 0.586. The van der Waals surface area contributed by atoms with E-state index in [0.29, 0.717) is 11.6 Å². The zero-order valence-corrected chi connectivity index (χ0v) is 17.7. The van der Waals surface area contributed by atoms with Gasteiger partial charge in [-0.15, -0.1) is 0 Å². The van der Waals surface area contributed by atoms with Crippen LogP contribution >= 0.6 is 0 Å². The molecule has 1 aromatic heterocycles. The first-order valence-electron chi connectivity index (χ1n) is 10.1. The standard InChI is InChI=1S/C23H24N4O4/c1-4-5-15-6-10-17(11-7-15)23(2)21(28)27(22(29)25-23)14-19-24-20(26-31-19)16-8-12-18(30-3)13-9-16/h6-13H,4-5,14H2,1-3H3,(H,25,29). The van der Waals surface area contributed by atoms with Crippen molar-refractivity contribution in [1.82, 2.24) is 20.4 Å². The van der Waals surface area contributed by atoms with Crippen LogP contribution in [0.2, 0.25) is 0 Å². The molecule has 1 aliphatic heterocycles. The Morgan fingerprint density at radius 1 is 1.10 bits per heavy atom. The fraction of sp³-hybridized carbons (Fsp3) is 0.304. The van der Waals surface area contributed by atoms with Crippen molar-refractivity contribution in [2.45, 2.75) is 38.8 Å². The molecular formula is C23H24N4O4. The zero-order valence-electron chi connectivity index (χ0n) is 17.7. The molecule has 2 heterocycles. The first-order chi connectivity index (χ1) is 14.9. The second kappa shape index (κ2) is 8.22. The maximum Gasteiger partial charge on any atom is 0.325 e. The summed E-state index contributed by atoms with van der Waals surface area (Å²) in [5, 5.41) is 6.76. The van der Waals surface area contributed by atoms with E-state index in [1.54, 1.807) is 38.3 Å². The minimum atomic E-state index is -1.14. The maximum absolute atomic E-state index is 13.1. The second-order valence-corrected chi connectivity index (χ2v) is 7.63. The summed E-state index contributed by atoms with van der Waals surface area (Å²) in [7, 11) is 1.59. The normalized spacial score (nSPS) is 18.4. The van der Waals surface area contributed by atoms with Crippen molar-refractivity contribution in [1.29, 1.82) is 0 Å². The number of rotatable bonds is 7. The molecule has 1 unspecified atom stereocenters. The molecule has 3 amide bonds. The largest absolute Gasteiger partial charge is 0.497 e. The fourth-order valence-corrected chi connectivity index (χ4v) is 3.64. The minimum Gasteiger partial charge on any atom is -0.497 e. The average molecular weight is 420 g/mol. The summed E-state index contributed by atoms with van der Waals surface area (Å²) in [4.78, 5) is 31.2. The molecule has 2 aromatic carbocycles. The van der Waals surface area contributed by atoms with Gasteiger partial charge in [-0.3, -0.25) is 9.69 Å². The van der Waals surface area contributed by atoms with Gasteiger partial charge in [-0.25, -0.2) is 4.79 Å². The van der Waals surface area contributed by atoms with E-state index in [1.165, 1.54) is 5.56 Å². The molecule has 0 spiro atoms. The average Bonchev–Trinajstić information content (AvgIpc) is 3.34. The summed E-state index contributed by atoms with van der Waals surface area (Å²) < 4.78 is 10.4. The highest BCUT2D eigenvalue weighted by Crippen LogP contribution is 2.30. The Morgan fingerprint density at radius 2 is 1.81 bits per heavy atom. The number of amides is 3. The van der Waals surface area contributed by atoms with Gasteiger partial charge in [0.15, 0.2) is 0 Å². The number of carbonyl (C=O) groups excluding carboxylic acids is 2. The molecule has 0 radical (unpaired) electrons. The lowest BCUT2D eigenvalue weighted by Gasteiger charge is -2.22. The van der Waals surface area contributed by atoms with Gasteiger partial charge in [0.05, 0.1) is 7.11 Å². The van der Waals surface area contributed by atoms with E-state index in [0.717, 1.165) is 28.9 Å². The molecule has 1 fully saturated rings. The molecule has 0 bridgehead atoms. The van der Waals surface area contributed by atoms with Gasteiger partial charge in [-0.2, -0.15) is 4.98 Å². The number of imide groups is 1. The van der Waals surface area contributed by atoms with Gasteiger partial charge in [-0.1, -0.05) is 42.8 Å². The van der Waals surface area contributed by atoms with Crippen molar-refractivity contribution in [2.24, 2.45) is 0 Å². The Bertz CT molecular complexity index is 1090. The molecule has 3 aromatic rings. The summed E-state index contributed by atoms with van der Waals surface area (Å²) in [6, 6.07) is 14.5. The highest BCUT2D eigenvalue weighted by atomic mass is 16.5. The van der Waals surface area contributed by atoms with E-state index >= 15 is 0 Å². The lowest BCUT2D eigenvalue weighted by atomic mass is 9.91. The number of nitrogens with zero attached hydrogens (tertiary/aromatic N) is 3. The molecule has 8 nitrogen and oxygen atoms in total. The van der Waals surface area contributed by atoms with Gasteiger partial charge in [0, 0.05) is 5.56 Å². The van der Waals surface area contributed by atoms with Crippen molar-refractivity contribution < 1.29 is 18.8 Å². The maximum atomic E-state index is 13.1. The van der Waals surface area contributed by atoms with Crippen LogP contribution in [0.25, 0.3) is 11.4 Å². The van der Waals surface area contributed by atoms with Gasteiger partial charge in [-0.05, 0) is 48.7 Å². The highest BCUT2D eigenvalue weighted by molar-refractivity contribution is 6.07. The predicted octanol–water partition coefficient (Wildman–Crippen LogP) is 3.66. The first kappa shape index (κ1) is 20.6. The molecule has 1 aliphatic rings. The van der Waals surface area contributed by atoms with Gasteiger partial charge in [0.25, 0.3) is 5.91 Å². The Balaban J connectivity index is 1.51. The van der Waals surface area contributed by atoms with Crippen LogP contribution in [0.15, 0.2) is 53.1 Å². The van der Waals surface area contributed by atoms with Crippen molar-refractivity contribution in [3.8, 4) is 17.1 Å². The molecule has 1 saturated heterocycles. The molecule has 0 saturated carbocycles. The Morgan fingerprint density at radius 3 is 2.45 bits per heavy atom. The number of nitrogens with one attached hydrogen (secondary N) is 1. The molecule has 0 aliphatic carbocycles. The number of carbonyl (C=O) groups is 2. The zero-order chi connectivity index (χ0) is 22.0. The number of aryl methyl sites for hydroxylation is 1. The monoisotopic (exact) mass is 420 g/mol. The highest BCUT2D eigenvalue weighted by Gasteiger charge is 2.49. The number of benzene rings is 2. The number of hydrogen-bond donors (Lipinski definition) is 1. The molecule has 8 heteroatoms. The summed E-state index contributed by atoms with van der Waals surface area (Å²) >= 11 is 0. The molecule has 1 atom stereocenters. The Kier molecular flexibility index (Phi) is 5.46. The van der Waals surface area contributed by atoms with Crippen molar-refractivity contribution in [3.63, 3.8) is 0 Å². The molecule has 1 N–H and O–H groups in total. The number of urea groups is 1. The summed E-state index contributed by atoms with van der Waals surface area (Å²) in [5.41, 5.74) is 1.53.